The molecule has 1 aromatic heterocycles. The van der Waals surface area contributed by atoms with E-state index in [9.17, 15) is 22.4 Å². The number of aromatic nitrogens is 1. The van der Waals surface area contributed by atoms with E-state index in [2.05, 4.69) is 15.2 Å². The largest absolute Gasteiger partial charge is 0.359 e. The van der Waals surface area contributed by atoms with Crippen molar-refractivity contribution >= 4 is 27.7 Å². The summed E-state index contributed by atoms with van der Waals surface area (Å²) in [6, 6.07) is 9.60. The van der Waals surface area contributed by atoms with Gasteiger partial charge < -0.3 is 14.7 Å². The van der Waals surface area contributed by atoms with Gasteiger partial charge in [-0.05, 0) is 55.5 Å². The third kappa shape index (κ3) is 6.83. The van der Waals surface area contributed by atoms with Crippen molar-refractivity contribution in [3.05, 3.63) is 65.2 Å². The Morgan fingerprint density at radius 1 is 1.10 bits per heavy atom. The van der Waals surface area contributed by atoms with Crippen molar-refractivity contribution in [3.63, 3.8) is 0 Å². The number of halogens is 1. The van der Waals surface area contributed by atoms with Crippen molar-refractivity contribution in [2.75, 3.05) is 11.8 Å². The molecule has 9 nitrogen and oxygen atoms in total. The monoisotopic (exact) mass is 558 g/mol. The van der Waals surface area contributed by atoms with E-state index in [1.165, 1.54) is 6.07 Å². The molecule has 3 aromatic rings. The van der Waals surface area contributed by atoms with Crippen LogP contribution in [0.15, 0.2) is 51.9 Å². The minimum absolute atomic E-state index is 0.0609. The van der Waals surface area contributed by atoms with Gasteiger partial charge in [-0.1, -0.05) is 50.2 Å². The number of nitrogens with one attached hydrogen (secondary N) is 2. The lowest BCUT2D eigenvalue weighted by atomic mass is 9.99. The van der Waals surface area contributed by atoms with Gasteiger partial charge in [-0.15, -0.1) is 0 Å². The first-order chi connectivity index (χ1) is 18.4. The number of hydrogen-bond acceptors (Lipinski definition) is 6. The molecule has 0 aliphatic rings. The zero-order valence-electron chi connectivity index (χ0n) is 23.0. The molecule has 1 heterocycles. The molecule has 0 unspecified atom stereocenters. The summed E-state index contributed by atoms with van der Waals surface area (Å²) in [5, 5.41) is 6.40. The smallest absolute Gasteiger partial charge is 0.263 e. The molecule has 0 aliphatic carbocycles. The van der Waals surface area contributed by atoms with Crippen LogP contribution in [0.4, 0.5) is 10.2 Å². The lowest BCUT2D eigenvalue weighted by Gasteiger charge is -2.33. The van der Waals surface area contributed by atoms with E-state index in [-0.39, 0.29) is 40.6 Å². The van der Waals surface area contributed by atoms with E-state index in [1.54, 1.807) is 50.1 Å². The molecule has 0 radical (unpaired) electrons. The summed E-state index contributed by atoms with van der Waals surface area (Å²) in [5.41, 5.74) is 1.91. The SMILES string of the molecule is CCCC(=O)N(Cc1ccc(-c2cc(F)ccc2S(=O)(=O)Nc2noc(C)c2C)cc1)[C@H](C(=O)NC)C(C)C. The van der Waals surface area contributed by atoms with Gasteiger partial charge in [0.2, 0.25) is 11.8 Å². The molecule has 0 aliphatic heterocycles. The number of rotatable bonds is 11. The maximum atomic E-state index is 14.3. The molecule has 1 atom stereocenters. The minimum Gasteiger partial charge on any atom is -0.359 e. The molecule has 0 bridgehead atoms. The molecule has 11 heteroatoms. The molecular weight excluding hydrogens is 523 g/mol. The van der Waals surface area contributed by atoms with Crippen molar-refractivity contribution in [1.82, 2.24) is 15.4 Å². The zero-order chi connectivity index (χ0) is 28.9. The Morgan fingerprint density at radius 3 is 2.31 bits per heavy atom. The highest BCUT2D eigenvalue weighted by Crippen LogP contribution is 2.31. The Hall–Kier alpha value is -3.73. The number of carbonyl (C=O) groups excluding carboxylic acids is 2. The maximum absolute atomic E-state index is 14.3. The van der Waals surface area contributed by atoms with E-state index in [4.69, 9.17) is 4.52 Å². The first-order valence-corrected chi connectivity index (χ1v) is 14.2. The third-order valence-electron chi connectivity index (χ3n) is 6.50. The third-order valence-corrected chi connectivity index (χ3v) is 7.90. The molecular formula is C28H35FN4O5S. The fraction of sp³-hybridized carbons (Fsp3) is 0.393. The Kier molecular flexibility index (Phi) is 9.49. The average Bonchev–Trinajstić information content (AvgIpc) is 3.19. The molecule has 2 N–H and O–H groups in total. The van der Waals surface area contributed by atoms with Crippen molar-refractivity contribution < 1.29 is 26.9 Å². The van der Waals surface area contributed by atoms with Crippen LogP contribution >= 0.6 is 0 Å². The summed E-state index contributed by atoms with van der Waals surface area (Å²) in [5.74, 6) is -0.550. The highest BCUT2D eigenvalue weighted by molar-refractivity contribution is 7.92. The fourth-order valence-electron chi connectivity index (χ4n) is 4.29. The number of carbonyl (C=O) groups is 2. The minimum atomic E-state index is -4.13. The lowest BCUT2D eigenvalue weighted by molar-refractivity contribution is -0.142. The predicted octanol–water partition coefficient (Wildman–Crippen LogP) is 4.80. The second-order valence-electron chi connectivity index (χ2n) is 9.73. The van der Waals surface area contributed by atoms with E-state index >= 15 is 0 Å². The van der Waals surface area contributed by atoms with Gasteiger partial charge in [0.05, 0.1) is 4.90 Å². The fourth-order valence-corrected chi connectivity index (χ4v) is 5.56. The molecule has 39 heavy (non-hydrogen) atoms. The first-order valence-electron chi connectivity index (χ1n) is 12.7. The first kappa shape index (κ1) is 29.8. The zero-order valence-corrected chi connectivity index (χ0v) is 23.9. The molecule has 0 saturated heterocycles. The van der Waals surface area contributed by atoms with Gasteiger partial charge in [0.25, 0.3) is 10.0 Å². The van der Waals surface area contributed by atoms with Gasteiger partial charge in [0, 0.05) is 31.1 Å². The highest BCUT2D eigenvalue weighted by atomic mass is 32.2. The quantitative estimate of drug-likeness (QED) is 0.349. The van der Waals surface area contributed by atoms with E-state index in [0.717, 1.165) is 17.7 Å². The summed E-state index contributed by atoms with van der Waals surface area (Å²) in [7, 11) is -2.59. The summed E-state index contributed by atoms with van der Waals surface area (Å²) < 4.78 is 48.2. The van der Waals surface area contributed by atoms with Crippen LogP contribution in [0.1, 0.15) is 50.5 Å². The van der Waals surface area contributed by atoms with Crippen LogP contribution in [-0.2, 0) is 26.2 Å². The lowest BCUT2D eigenvalue weighted by Crippen LogP contribution is -2.51. The Balaban J connectivity index is 1.96. The van der Waals surface area contributed by atoms with Crippen molar-refractivity contribution in [2.24, 2.45) is 5.92 Å². The average molecular weight is 559 g/mol. The van der Waals surface area contributed by atoms with E-state index in [1.807, 2.05) is 20.8 Å². The maximum Gasteiger partial charge on any atom is 0.263 e. The normalized spacial score (nSPS) is 12.3. The number of nitrogens with zero attached hydrogens (tertiary/aromatic N) is 2. The van der Waals surface area contributed by atoms with Gasteiger partial charge in [-0.3, -0.25) is 14.3 Å². The Bertz CT molecular complexity index is 1430. The van der Waals surface area contributed by atoms with E-state index < -0.39 is 21.9 Å². The number of benzene rings is 2. The van der Waals surface area contributed by atoms with Crippen molar-refractivity contribution in [1.29, 1.82) is 0 Å². The number of hydrogen-bond donors (Lipinski definition) is 2. The molecule has 0 saturated carbocycles. The molecule has 0 spiro atoms. The van der Waals surface area contributed by atoms with Gasteiger partial charge in [-0.25, -0.2) is 12.8 Å². The van der Waals surface area contributed by atoms with Gasteiger partial charge in [-0.2, -0.15) is 0 Å². The number of likely N-dealkylation sites (N-methyl/N-ethyl adjacent to an activating group) is 1. The van der Waals surface area contributed by atoms with Crippen LogP contribution in [0, 0.1) is 25.6 Å². The number of sulfonamides is 1. The van der Waals surface area contributed by atoms with E-state index in [0.29, 0.717) is 29.7 Å². The number of anilines is 1. The summed E-state index contributed by atoms with van der Waals surface area (Å²) in [6.45, 7) is 9.21. The van der Waals surface area contributed by atoms with Crippen LogP contribution in [-0.4, -0.2) is 43.4 Å². The highest BCUT2D eigenvalue weighted by Gasteiger charge is 2.31. The van der Waals surface area contributed by atoms with Crippen molar-refractivity contribution in [2.45, 2.75) is 64.9 Å². The molecule has 210 valence electrons. The molecule has 2 amide bonds. The second kappa shape index (κ2) is 12.4. The van der Waals surface area contributed by atoms with Crippen LogP contribution in [0.2, 0.25) is 0 Å². The molecule has 0 fully saturated rings. The van der Waals surface area contributed by atoms with Gasteiger partial charge >= 0.3 is 0 Å². The second-order valence-corrected chi connectivity index (χ2v) is 11.4. The molecule has 3 rings (SSSR count). The Morgan fingerprint density at radius 2 is 1.77 bits per heavy atom. The van der Waals surface area contributed by atoms with Crippen LogP contribution in [0.25, 0.3) is 11.1 Å². The molecule has 2 aromatic carbocycles. The predicted molar refractivity (Wildman–Crippen MR) is 147 cm³/mol. The van der Waals surface area contributed by atoms with Crippen molar-refractivity contribution in [3.8, 4) is 11.1 Å². The van der Waals surface area contributed by atoms with Gasteiger partial charge in [0.1, 0.15) is 17.6 Å². The number of aryl methyl sites for hydroxylation is 1. The van der Waals surface area contributed by atoms with Crippen LogP contribution < -0.4 is 10.0 Å². The summed E-state index contributed by atoms with van der Waals surface area (Å²) in [6.07, 6.45) is 0.950. The standard InChI is InChI=1S/C28H35FN4O5S/c1-7-8-25(34)33(26(17(2)3)28(35)30-6)16-20-9-11-21(12-10-20)23-15-22(29)13-14-24(23)39(36,37)32-27-18(4)19(5)38-31-27/h9-15,17,26H,7-8,16H2,1-6H3,(H,30,35)(H,31,32)/t26-/m0/s1. The Labute approximate surface area is 228 Å². The van der Waals surface area contributed by atoms with Crippen LogP contribution in [0.3, 0.4) is 0 Å². The number of amides is 2. The summed E-state index contributed by atoms with van der Waals surface area (Å²) in [4.78, 5) is 27.1. The summed E-state index contributed by atoms with van der Waals surface area (Å²) >= 11 is 0. The van der Waals surface area contributed by atoms with Gasteiger partial charge in [0.15, 0.2) is 5.82 Å². The topological polar surface area (TPSA) is 122 Å². The van der Waals surface area contributed by atoms with Crippen LogP contribution in [0.5, 0.6) is 0 Å².